The van der Waals surface area contributed by atoms with Gasteiger partial charge in [0.1, 0.15) is 5.75 Å². The Kier molecular flexibility index (Phi) is 7.17. The molecule has 2 N–H and O–H groups in total. The minimum absolute atomic E-state index is 0.00802. The summed E-state index contributed by atoms with van der Waals surface area (Å²) in [6.45, 7) is 5.55. The number of likely N-dealkylation sites (N-methyl/N-ethyl adjacent to an activating group) is 1. The van der Waals surface area contributed by atoms with Gasteiger partial charge in [-0.2, -0.15) is 0 Å². The fourth-order valence-corrected chi connectivity index (χ4v) is 1.75. The van der Waals surface area contributed by atoms with E-state index in [9.17, 15) is 14.9 Å². The molecule has 0 aliphatic rings. The van der Waals surface area contributed by atoms with Crippen molar-refractivity contribution in [3.8, 4) is 5.75 Å². The smallest absolute Gasteiger partial charge is 0.270 e. The molecule has 21 heavy (non-hydrogen) atoms. The summed E-state index contributed by atoms with van der Waals surface area (Å²) in [5.74, 6) is 0.263. The highest BCUT2D eigenvalue weighted by Gasteiger charge is 2.12. The summed E-state index contributed by atoms with van der Waals surface area (Å²) in [6, 6.07) is 4.37. The molecule has 0 spiro atoms. The standard InChI is InChI=1S/C14H21N3O4/c1-3-7-15-9-11-8-12(17(19)20)5-6-13(11)21-10-14(18)16-4-2/h5-6,8,15H,3-4,7,9-10H2,1-2H3,(H,16,18). The second kappa shape index (κ2) is 8.91. The number of amides is 1. The lowest BCUT2D eigenvalue weighted by Crippen LogP contribution is -2.28. The molecule has 7 heteroatoms. The summed E-state index contributed by atoms with van der Waals surface area (Å²) >= 11 is 0. The van der Waals surface area contributed by atoms with Crippen LogP contribution < -0.4 is 15.4 Å². The highest BCUT2D eigenvalue weighted by molar-refractivity contribution is 5.77. The van der Waals surface area contributed by atoms with Gasteiger partial charge in [-0.25, -0.2) is 0 Å². The summed E-state index contributed by atoms with van der Waals surface area (Å²) in [4.78, 5) is 21.8. The number of carbonyl (C=O) groups excluding carboxylic acids is 1. The highest BCUT2D eigenvalue weighted by atomic mass is 16.6. The fraction of sp³-hybridized carbons (Fsp3) is 0.500. The first-order chi connectivity index (χ1) is 10.1. The van der Waals surface area contributed by atoms with Gasteiger partial charge < -0.3 is 15.4 Å². The number of hydrogen-bond acceptors (Lipinski definition) is 5. The number of hydrogen-bond donors (Lipinski definition) is 2. The van der Waals surface area contributed by atoms with E-state index in [0.717, 1.165) is 13.0 Å². The van der Waals surface area contributed by atoms with E-state index in [4.69, 9.17) is 4.74 Å². The van der Waals surface area contributed by atoms with Gasteiger partial charge in [-0.05, 0) is 26.0 Å². The minimum atomic E-state index is -0.448. The first-order valence-electron chi connectivity index (χ1n) is 6.96. The SMILES string of the molecule is CCCNCc1cc([N+](=O)[O-])ccc1OCC(=O)NCC. The Labute approximate surface area is 123 Å². The summed E-state index contributed by atoms with van der Waals surface area (Å²) < 4.78 is 5.44. The van der Waals surface area contributed by atoms with Crippen LogP contribution in [-0.2, 0) is 11.3 Å². The molecule has 0 aliphatic heterocycles. The van der Waals surface area contributed by atoms with Crippen LogP contribution in [0, 0.1) is 10.1 Å². The summed E-state index contributed by atoms with van der Waals surface area (Å²) in [5.41, 5.74) is 0.676. The lowest BCUT2D eigenvalue weighted by atomic mass is 10.1. The Morgan fingerprint density at radius 3 is 2.76 bits per heavy atom. The molecule has 0 heterocycles. The number of nitro groups is 1. The van der Waals surface area contributed by atoms with E-state index >= 15 is 0 Å². The van der Waals surface area contributed by atoms with Crippen molar-refractivity contribution < 1.29 is 14.5 Å². The lowest BCUT2D eigenvalue weighted by molar-refractivity contribution is -0.384. The second-order valence-electron chi connectivity index (χ2n) is 4.47. The average molecular weight is 295 g/mol. The van der Waals surface area contributed by atoms with Crippen molar-refractivity contribution in [3.05, 3.63) is 33.9 Å². The molecule has 0 saturated carbocycles. The Morgan fingerprint density at radius 2 is 2.14 bits per heavy atom. The zero-order valence-electron chi connectivity index (χ0n) is 12.3. The van der Waals surface area contributed by atoms with Crippen LogP contribution >= 0.6 is 0 Å². The molecule has 1 amide bonds. The fourth-order valence-electron chi connectivity index (χ4n) is 1.75. The molecule has 0 bridgehead atoms. The van der Waals surface area contributed by atoms with Gasteiger partial charge in [0.15, 0.2) is 6.61 Å². The molecule has 1 aromatic rings. The molecule has 1 aromatic carbocycles. The number of nitro benzene ring substituents is 1. The van der Waals surface area contributed by atoms with Crippen molar-refractivity contribution in [1.82, 2.24) is 10.6 Å². The molecule has 7 nitrogen and oxygen atoms in total. The van der Waals surface area contributed by atoms with E-state index < -0.39 is 4.92 Å². The number of non-ortho nitro benzene ring substituents is 1. The van der Waals surface area contributed by atoms with Crippen molar-refractivity contribution in [2.24, 2.45) is 0 Å². The number of nitrogens with zero attached hydrogens (tertiary/aromatic N) is 1. The monoisotopic (exact) mass is 295 g/mol. The molecule has 0 radical (unpaired) electrons. The van der Waals surface area contributed by atoms with E-state index in [1.54, 1.807) is 0 Å². The number of rotatable bonds is 9. The number of nitrogens with one attached hydrogen (secondary N) is 2. The molecular weight excluding hydrogens is 274 g/mol. The van der Waals surface area contributed by atoms with Gasteiger partial charge in [0.25, 0.3) is 11.6 Å². The van der Waals surface area contributed by atoms with Gasteiger partial charge in [-0.1, -0.05) is 6.92 Å². The predicted octanol–water partition coefficient (Wildman–Crippen LogP) is 1.61. The number of ether oxygens (including phenoxy) is 1. The van der Waals surface area contributed by atoms with E-state index in [1.807, 2.05) is 13.8 Å². The van der Waals surface area contributed by atoms with Gasteiger partial charge in [-0.3, -0.25) is 14.9 Å². The van der Waals surface area contributed by atoms with Gasteiger partial charge >= 0.3 is 0 Å². The average Bonchev–Trinajstić information content (AvgIpc) is 2.46. The van der Waals surface area contributed by atoms with Gasteiger partial charge in [0.05, 0.1) is 4.92 Å². The molecule has 0 aliphatic carbocycles. The van der Waals surface area contributed by atoms with E-state index in [1.165, 1.54) is 18.2 Å². The molecule has 0 saturated heterocycles. The first kappa shape index (κ1) is 16.9. The Morgan fingerprint density at radius 1 is 1.38 bits per heavy atom. The van der Waals surface area contributed by atoms with E-state index in [2.05, 4.69) is 10.6 Å². The van der Waals surface area contributed by atoms with Crippen LogP contribution in [0.25, 0.3) is 0 Å². The van der Waals surface area contributed by atoms with Gasteiger partial charge in [0, 0.05) is 30.8 Å². The van der Waals surface area contributed by atoms with Gasteiger partial charge in [0.2, 0.25) is 0 Å². The van der Waals surface area contributed by atoms with Gasteiger partial charge in [-0.15, -0.1) is 0 Å². The predicted molar refractivity (Wildman–Crippen MR) is 79.3 cm³/mol. The van der Waals surface area contributed by atoms with Crippen LogP contribution in [0.2, 0.25) is 0 Å². The number of carbonyl (C=O) groups is 1. The van der Waals surface area contributed by atoms with Crippen LogP contribution in [0.3, 0.4) is 0 Å². The molecule has 0 aromatic heterocycles. The maximum absolute atomic E-state index is 11.4. The highest BCUT2D eigenvalue weighted by Crippen LogP contribution is 2.24. The topological polar surface area (TPSA) is 93.5 Å². The summed E-state index contributed by atoms with van der Waals surface area (Å²) in [5, 5.41) is 16.6. The zero-order chi connectivity index (χ0) is 15.7. The van der Waals surface area contributed by atoms with E-state index in [-0.39, 0.29) is 18.2 Å². The maximum atomic E-state index is 11.4. The quantitative estimate of drug-likeness (QED) is 0.410. The Balaban J connectivity index is 2.79. The van der Waals surface area contributed by atoms with Crippen molar-refractivity contribution in [2.75, 3.05) is 19.7 Å². The van der Waals surface area contributed by atoms with E-state index in [0.29, 0.717) is 24.4 Å². The third-order valence-electron chi connectivity index (χ3n) is 2.73. The molecule has 1 rings (SSSR count). The van der Waals surface area contributed by atoms with Crippen LogP contribution in [0.1, 0.15) is 25.8 Å². The van der Waals surface area contributed by atoms with Crippen molar-refractivity contribution in [1.29, 1.82) is 0 Å². The zero-order valence-corrected chi connectivity index (χ0v) is 12.3. The molecule has 116 valence electrons. The van der Waals surface area contributed by atoms with Crippen LogP contribution in [-0.4, -0.2) is 30.5 Å². The second-order valence-corrected chi connectivity index (χ2v) is 4.47. The van der Waals surface area contributed by atoms with Crippen LogP contribution in [0.15, 0.2) is 18.2 Å². The third kappa shape index (κ3) is 5.78. The minimum Gasteiger partial charge on any atom is -0.483 e. The Bertz CT molecular complexity index is 491. The number of benzene rings is 1. The maximum Gasteiger partial charge on any atom is 0.270 e. The summed E-state index contributed by atoms with van der Waals surface area (Å²) in [7, 11) is 0. The largest absolute Gasteiger partial charge is 0.483 e. The molecule has 0 fully saturated rings. The third-order valence-corrected chi connectivity index (χ3v) is 2.73. The Hall–Kier alpha value is -2.15. The van der Waals surface area contributed by atoms with Crippen LogP contribution in [0.5, 0.6) is 5.75 Å². The first-order valence-corrected chi connectivity index (χ1v) is 6.96. The normalized spacial score (nSPS) is 10.2. The van der Waals surface area contributed by atoms with Crippen molar-refractivity contribution >= 4 is 11.6 Å². The molecular formula is C14H21N3O4. The van der Waals surface area contributed by atoms with Crippen molar-refractivity contribution in [3.63, 3.8) is 0 Å². The van der Waals surface area contributed by atoms with Crippen LogP contribution in [0.4, 0.5) is 5.69 Å². The molecule has 0 unspecified atom stereocenters. The van der Waals surface area contributed by atoms with Crippen molar-refractivity contribution in [2.45, 2.75) is 26.8 Å². The molecule has 0 atom stereocenters. The lowest BCUT2D eigenvalue weighted by Gasteiger charge is -2.12. The summed E-state index contributed by atoms with van der Waals surface area (Å²) in [6.07, 6.45) is 0.962.